The number of hydrogen-bond donors (Lipinski definition) is 3. The Bertz CT molecular complexity index is 645. The fourth-order valence-electron chi connectivity index (χ4n) is 1.47. The molecule has 0 amide bonds. The summed E-state index contributed by atoms with van der Waals surface area (Å²) in [6.45, 7) is 0.148. The van der Waals surface area contributed by atoms with Crippen molar-refractivity contribution in [3.8, 4) is 0 Å². The Morgan fingerprint density at radius 2 is 1.95 bits per heavy atom. The average molecular weight is 279 g/mol. The average Bonchev–Trinajstić information content (AvgIpc) is 2.46. The molecule has 0 aromatic carbocycles. The van der Waals surface area contributed by atoms with Crippen LogP contribution in [-0.4, -0.2) is 18.4 Å². The summed E-state index contributed by atoms with van der Waals surface area (Å²) < 4.78 is 26.7. The third-order valence-electron chi connectivity index (χ3n) is 2.42. The molecule has 2 aromatic heterocycles. The van der Waals surface area contributed by atoms with E-state index in [1.165, 1.54) is 18.5 Å². The standard InChI is InChI=1S/C11H13N5O2S/c12-16-10-3-5-14-8-11(10)19(17,18)15-7-9-2-1-4-13-6-9/h1-6,8,15H,7,12H2,(H,14,16). The van der Waals surface area contributed by atoms with E-state index in [0.29, 0.717) is 0 Å². The van der Waals surface area contributed by atoms with Crippen molar-refractivity contribution in [2.24, 2.45) is 5.84 Å². The fraction of sp³-hybridized carbons (Fsp3) is 0.0909. The Balaban J connectivity index is 2.19. The molecule has 0 saturated heterocycles. The van der Waals surface area contributed by atoms with Gasteiger partial charge in [-0.25, -0.2) is 13.1 Å². The van der Waals surface area contributed by atoms with E-state index in [9.17, 15) is 8.42 Å². The Morgan fingerprint density at radius 1 is 1.16 bits per heavy atom. The van der Waals surface area contributed by atoms with Crippen molar-refractivity contribution >= 4 is 15.7 Å². The molecule has 0 unspecified atom stereocenters. The van der Waals surface area contributed by atoms with E-state index in [2.05, 4.69) is 20.1 Å². The molecule has 2 aromatic rings. The number of sulfonamides is 1. The Kier molecular flexibility index (Phi) is 4.05. The lowest BCUT2D eigenvalue weighted by Crippen LogP contribution is -2.25. The van der Waals surface area contributed by atoms with Gasteiger partial charge in [0, 0.05) is 31.3 Å². The van der Waals surface area contributed by atoms with Crippen molar-refractivity contribution in [3.05, 3.63) is 48.5 Å². The largest absolute Gasteiger partial charge is 0.323 e. The van der Waals surface area contributed by atoms with Gasteiger partial charge in [-0.05, 0) is 17.7 Å². The van der Waals surface area contributed by atoms with Crippen molar-refractivity contribution in [3.63, 3.8) is 0 Å². The van der Waals surface area contributed by atoms with Gasteiger partial charge in [0.15, 0.2) is 0 Å². The molecule has 7 nitrogen and oxygen atoms in total. The Labute approximate surface area is 110 Å². The highest BCUT2D eigenvalue weighted by Gasteiger charge is 2.18. The first-order chi connectivity index (χ1) is 9.13. The second-order valence-corrected chi connectivity index (χ2v) is 5.44. The molecule has 8 heteroatoms. The van der Waals surface area contributed by atoms with Crippen LogP contribution in [0.25, 0.3) is 0 Å². The molecular weight excluding hydrogens is 266 g/mol. The van der Waals surface area contributed by atoms with Crippen LogP contribution in [0.4, 0.5) is 5.69 Å². The molecule has 100 valence electrons. The van der Waals surface area contributed by atoms with Gasteiger partial charge in [0.05, 0.1) is 5.69 Å². The number of hydrazine groups is 1. The Morgan fingerprint density at radius 3 is 2.63 bits per heavy atom. The van der Waals surface area contributed by atoms with Crippen molar-refractivity contribution in [2.75, 3.05) is 5.43 Å². The molecule has 19 heavy (non-hydrogen) atoms. The summed E-state index contributed by atoms with van der Waals surface area (Å²) >= 11 is 0. The van der Waals surface area contributed by atoms with Crippen LogP contribution in [0.15, 0.2) is 47.9 Å². The second-order valence-electron chi connectivity index (χ2n) is 3.70. The molecule has 0 saturated carbocycles. The molecule has 0 bridgehead atoms. The predicted molar refractivity (Wildman–Crippen MR) is 70.3 cm³/mol. The lowest BCUT2D eigenvalue weighted by molar-refractivity contribution is 0.581. The monoisotopic (exact) mass is 279 g/mol. The lowest BCUT2D eigenvalue weighted by atomic mass is 10.3. The summed E-state index contributed by atoms with van der Waals surface area (Å²) in [5.41, 5.74) is 3.38. The molecule has 0 spiro atoms. The zero-order valence-corrected chi connectivity index (χ0v) is 10.8. The summed E-state index contributed by atoms with van der Waals surface area (Å²) in [6, 6.07) is 5.00. The molecule has 0 aliphatic rings. The highest BCUT2D eigenvalue weighted by atomic mass is 32.2. The van der Waals surface area contributed by atoms with Gasteiger partial charge >= 0.3 is 0 Å². The van der Waals surface area contributed by atoms with Crippen molar-refractivity contribution in [1.29, 1.82) is 0 Å². The maximum absolute atomic E-state index is 12.1. The number of hydrogen-bond acceptors (Lipinski definition) is 6. The predicted octanol–water partition coefficient (Wildman–Crippen LogP) is 0.241. The van der Waals surface area contributed by atoms with Crippen LogP contribution in [-0.2, 0) is 16.6 Å². The minimum Gasteiger partial charge on any atom is -0.323 e. The number of nitrogens with zero attached hydrogens (tertiary/aromatic N) is 2. The molecule has 4 N–H and O–H groups in total. The fourth-order valence-corrected chi connectivity index (χ4v) is 2.60. The maximum Gasteiger partial charge on any atom is 0.244 e. The van der Waals surface area contributed by atoms with Gasteiger partial charge in [0.1, 0.15) is 4.90 Å². The number of nitrogen functional groups attached to an aromatic ring is 1. The second kappa shape index (κ2) is 5.74. The zero-order chi connectivity index (χ0) is 13.7. The van der Waals surface area contributed by atoms with Gasteiger partial charge in [0.25, 0.3) is 0 Å². The molecule has 0 aliphatic heterocycles. The van der Waals surface area contributed by atoms with Crippen LogP contribution < -0.4 is 16.0 Å². The lowest BCUT2D eigenvalue weighted by Gasteiger charge is -2.10. The zero-order valence-electron chi connectivity index (χ0n) is 9.95. The van der Waals surface area contributed by atoms with E-state index in [0.717, 1.165) is 5.56 Å². The van der Waals surface area contributed by atoms with Gasteiger partial charge in [-0.3, -0.25) is 15.8 Å². The van der Waals surface area contributed by atoms with Crippen LogP contribution in [0, 0.1) is 0 Å². The first-order valence-corrected chi connectivity index (χ1v) is 6.91. The Hall–Kier alpha value is -2.03. The van der Waals surface area contributed by atoms with E-state index in [1.807, 2.05) is 0 Å². The molecule has 2 heterocycles. The number of aromatic nitrogens is 2. The van der Waals surface area contributed by atoms with Crippen molar-refractivity contribution < 1.29 is 8.42 Å². The van der Waals surface area contributed by atoms with E-state index in [-0.39, 0.29) is 17.1 Å². The van der Waals surface area contributed by atoms with Gasteiger partial charge < -0.3 is 5.43 Å². The first kappa shape index (κ1) is 13.4. The van der Waals surface area contributed by atoms with Gasteiger partial charge in [-0.2, -0.15) is 0 Å². The number of anilines is 1. The third kappa shape index (κ3) is 3.25. The SMILES string of the molecule is NNc1ccncc1S(=O)(=O)NCc1cccnc1. The minimum absolute atomic E-state index is 0.00129. The first-order valence-electron chi connectivity index (χ1n) is 5.42. The topological polar surface area (TPSA) is 110 Å². The molecule has 0 fully saturated rings. The highest BCUT2D eigenvalue weighted by Crippen LogP contribution is 2.18. The molecule has 0 radical (unpaired) electrons. The summed E-state index contributed by atoms with van der Waals surface area (Å²) in [5.74, 6) is 5.27. The number of nitrogens with one attached hydrogen (secondary N) is 2. The normalized spacial score (nSPS) is 11.2. The quantitative estimate of drug-likeness (QED) is 0.534. The summed E-state index contributed by atoms with van der Waals surface area (Å²) in [5, 5.41) is 0. The van der Waals surface area contributed by atoms with E-state index in [4.69, 9.17) is 5.84 Å². The van der Waals surface area contributed by atoms with Gasteiger partial charge in [-0.15, -0.1) is 0 Å². The smallest absolute Gasteiger partial charge is 0.244 e. The molecule has 0 aliphatic carbocycles. The third-order valence-corrected chi connectivity index (χ3v) is 3.85. The van der Waals surface area contributed by atoms with Gasteiger partial charge in [0.2, 0.25) is 10.0 Å². The van der Waals surface area contributed by atoms with Crippen LogP contribution in [0.1, 0.15) is 5.56 Å². The van der Waals surface area contributed by atoms with Gasteiger partial charge in [-0.1, -0.05) is 6.07 Å². The molecule has 2 rings (SSSR count). The van der Waals surface area contributed by atoms with Crippen LogP contribution >= 0.6 is 0 Å². The molecule has 0 atom stereocenters. The van der Waals surface area contributed by atoms with Crippen LogP contribution in [0.3, 0.4) is 0 Å². The summed E-state index contributed by atoms with van der Waals surface area (Å²) in [6.07, 6.45) is 5.90. The number of nitrogens with two attached hydrogens (primary N) is 1. The number of rotatable bonds is 5. The van der Waals surface area contributed by atoms with Crippen molar-refractivity contribution in [2.45, 2.75) is 11.4 Å². The van der Waals surface area contributed by atoms with Crippen LogP contribution in [0.2, 0.25) is 0 Å². The molecular formula is C11H13N5O2S. The van der Waals surface area contributed by atoms with E-state index in [1.54, 1.807) is 24.5 Å². The highest BCUT2D eigenvalue weighted by molar-refractivity contribution is 7.89. The summed E-state index contributed by atoms with van der Waals surface area (Å²) in [7, 11) is -3.68. The minimum atomic E-state index is -3.68. The number of pyridine rings is 2. The summed E-state index contributed by atoms with van der Waals surface area (Å²) in [4.78, 5) is 7.70. The van der Waals surface area contributed by atoms with Crippen LogP contribution in [0.5, 0.6) is 0 Å². The van der Waals surface area contributed by atoms with E-state index >= 15 is 0 Å². The maximum atomic E-state index is 12.1. The van der Waals surface area contributed by atoms with Crippen molar-refractivity contribution in [1.82, 2.24) is 14.7 Å². The van der Waals surface area contributed by atoms with E-state index < -0.39 is 10.0 Å².